The number of hydrogen-bond donors (Lipinski definition) is 2. The Morgan fingerprint density at radius 3 is 2.80 bits per heavy atom. The molecule has 0 unspecified atom stereocenters. The molecule has 1 aromatic heterocycles. The lowest BCUT2D eigenvalue weighted by Crippen LogP contribution is -2.39. The Bertz CT molecular complexity index is 1440. The second-order valence-corrected chi connectivity index (χ2v) is 11.7. The highest BCUT2D eigenvalue weighted by Gasteiger charge is 2.42. The van der Waals surface area contributed by atoms with E-state index in [2.05, 4.69) is 45.4 Å². The third-order valence-electron chi connectivity index (χ3n) is 6.48. The number of halogens is 1. The van der Waals surface area contributed by atoms with Crippen LogP contribution in [0.4, 0.5) is 5.13 Å². The molecule has 180 valence electrons. The molecule has 1 amide bonds. The van der Waals surface area contributed by atoms with E-state index in [1.54, 1.807) is 7.11 Å². The van der Waals surface area contributed by atoms with Gasteiger partial charge in [0.25, 0.3) is 5.91 Å². The molecule has 1 aliphatic carbocycles. The number of allylic oxidation sites excluding steroid dienone is 3. The van der Waals surface area contributed by atoms with Crippen molar-refractivity contribution in [1.29, 1.82) is 0 Å². The normalized spacial score (nSPS) is 19.5. The van der Waals surface area contributed by atoms with Gasteiger partial charge in [-0.2, -0.15) is 0 Å². The Morgan fingerprint density at radius 2 is 2.03 bits per heavy atom. The number of hydrogen-bond acceptors (Lipinski definition) is 6. The molecule has 0 saturated heterocycles. The van der Waals surface area contributed by atoms with Gasteiger partial charge >= 0.3 is 0 Å². The number of Topliss-reactive ketones (excluding diaryl/α,β-unsaturated/α-hetero) is 1. The number of fused-ring (bicyclic) bond motifs is 1. The van der Waals surface area contributed by atoms with Gasteiger partial charge in [0.15, 0.2) is 10.9 Å². The number of dihydropyridines is 1. The van der Waals surface area contributed by atoms with Crippen molar-refractivity contribution >= 4 is 54.3 Å². The van der Waals surface area contributed by atoms with Crippen LogP contribution in [-0.2, 0) is 9.59 Å². The highest BCUT2D eigenvalue weighted by molar-refractivity contribution is 9.10. The molecule has 0 spiro atoms. The monoisotopic (exact) mass is 551 g/mol. The van der Waals surface area contributed by atoms with Crippen LogP contribution >= 0.6 is 27.3 Å². The number of aromatic nitrogens is 1. The van der Waals surface area contributed by atoms with Crippen molar-refractivity contribution in [3.63, 3.8) is 0 Å². The lowest BCUT2D eigenvalue weighted by atomic mass is 9.68. The zero-order chi connectivity index (χ0) is 24.9. The maximum atomic E-state index is 13.8. The summed E-state index contributed by atoms with van der Waals surface area (Å²) in [5, 5.41) is 6.92. The summed E-state index contributed by atoms with van der Waals surface area (Å²) < 4.78 is 7.39. The van der Waals surface area contributed by atoms with E-state index in [1.807, 2.05) is 49.4 Å². The Morgan fingerprint density at radius 1 is 1.23 bits per heavy atom. The maximum Gasteiger partial charge on any atom is 0.256 e. The number of carbonyl (C=O) groups is 2. The van der Waals surface area contributed by atoms with E-state index >= 15 is 0 Å². The Hall–Kier alpha value is -2.97. The van der Waals surface area contributed by atoms with Crippen LogP contribution in [0.5, 0.6) is 5.75 Å². The Kier molecular flexibility index (Phi) is 6.05. The molecule has 2 aliphatic rings. The van der Waals surface area contributed by atoms with Crippen LogP contribution in [0.3, 0.4) is 0 Å². The fourth-order valence-electron chi connectivity index (χ4n) is 5.01. The van der Waals surface area contributed by atoms with E-state index in [-0.39, 0.29) is 17.1 Å². The lowest BCUT2D eigenvalue weighted by Gasteiger charge is -2.39. The first-order chi connectivity index (χ1) is 16.6. The first-order valence-electron chi connectivity index (χ1n) is 11.4. The summed E-state index contributed by atoms with van der Waals surface area (Å²) in [6.07, 6.45) is 1.18. The highest BCUT2D eigenvalue weighted by Crippen LogP contribution is 2.47. The number of ketones is 1. The molecule has 1 atom stereocenters. The first kappa shape index (κ1) is 23.8. The summed E-state index contributed by atoms with van der Waals surface area (Å²) in [7, 11) is 1.61. The maximum absolute atomic E-state index is 13.8. The Labute approximate surface area is 216 Å². The topological polar surface area (TPSA) is 80.3 Å². The molecular weight excluding hydrogens is 526 g/mol. The van der Waals surface area contributed by atoms with Crippen molar-refractivity contribution in [1.82, 2.24) is 10.3 Å². The summed E-state index contributed by atoms with van der Waals surface area (Å²) in [4.78, 5) is 31.8. The van der Waals surface area contributed by atoms with Gasteiger partial charge in [0.1, 0.15) is 5.75 Å². The fourth-order valence-corrected chi connectivity index (χ4v) is 6.42. The van der Waals surface area contributed by atoms with Crippen LogP contribution in [0.15, 0.2) is 69.5 Å². The van der Waals surface area contributed by atoms with E-state index in [4.69, 9.17) is 4.74 Å². The van der Waals surface area contributed by atoms with Gasteiger partial charge in [0, 0.05) is 39.4 Å². The minimum absolute atomic E-state index is 0.0687. The molecule has 5 rings (SSSR count). The highest BCUT2D eigenvalue weighted by atomic mass is 79.9. The standard InChI is InChI=1S/C27H26BrN3O3S/c1-14-22(25(33)31-26-30-18-9-8-16(28)11-21(18)35-26)23(15-6-5-7-17(10-15)34-4)24-19(29-14)12-27(2,3)13-20(24)32/h5-11,23,29H,12-13H2,1-4H3,(H,30,31,33)/t23-/m0/s1. The number of ether oxygens (including phenoxy) is 1. The van der Waals surface area contributed by atoms with Crippen LogP contribution in [0.25, 0.3) is 10.2 Å². The molecule has 3 aromatic rings. The van der Waals surface area contributed by atoms with Crippen LogP contribution in [0, 0.1) is 5.41 Å². The number of amides is 1. The van der Waals surface area contributed by atoms with Gasteiger partial charge in [-0.25, -0.2) is 4.98 Å². The second-order valence-electron chi connectivity index (χ2n) is 9.79. The van der Waals surface area contributed by atoms with Crippen LogP contribution in [-0.4, -0.2) is 23.8 Å². The predicted molar refractivity (Wildman–Crippen MR) is 143 cm³/mol. The number of methoxy groups -OCH3 is 1. The van der Waals surface area contributed by atoms with Gasteiger partial charge in [-0.1, -0.05) is 53.2 Å². The number of benzene rings is 2. The average Bonchev–Trinajstić information content (AvgIpc) is 3.18. The first-order valence-corrected chi connectivity index (χ1v) is 13.0. The van der Waals surface area contributed by atoms with E-state index in [0.29, 0.717) is 28.4 Å². The van der Waals surface area contributed by atoms with Gasteiger partial charge < -0.3 is 10.1 Å². The van der Waals surface area contributed by atoms with E-state index in [9.17, 15) is 9.59 Å². The Balaban J connectivity index is 1.58. The number of nitrogens with one attached hydrogen (secondary N) is 2. The van der Waals surface area contributed by atoms with Gasteiger partial charge in [-0.15, -0.1) is 0 Å². The quantitative estimate of drug-likeness (QED) is 0.397. The summed E-state index contributed by atoms with van der Waals surface area (Å²) in [6, 6.07) is 13.4. The molecule has 1 aliphatic heterocycles. The third-order valence-corrected chi connectivity index (χ3v) is 7.91. The van der Waals surface area contributed by atoms with Crippen molar-refractivity contribution in [2.24, 2.45) is 5.41 Å². The van der Waals surface area contributed by atoms with E-state index in [0.717, 1.165) is 38.1 Å². The summed E-state index contributed by atoms with van der Waals surface area (Å²) >= 11 is 4.90. The van der Waals surface area contributed by atoms with Crippen molar-refractivity contribution in [3.05, 3.63) is 75.0 Å². The summed E-state index contributed by atoms with van der Waals surface area (Å²) in [6.45, 7) is 6.10. The second kappa shape index (κ2) is 8.91. The number of anilines is 1. The molecule has 35 heavy (non-hydrogen) atoms. The predicted octanol–water partition coefficient (Wildman–Crippen LogP) is 6.31. The van der Waals surface area contributed by atoms with Crippen molar-refractivity contribution in [2.75, 3.05) is 12.4 Å². The molecule has 0 saturated carbocycles. The molecule has 2 N–H and O–H groups in total. The number of nitrogens with zero attached hydrogens (tertiary/aromatic N) is 1. The van der Waals surface area contributed by atoms with Crippen molar-refractivity contribution < 1.29 is 14.3 Å². The van der Waals surface area contributed by atoms with Crippen LogP contribution < -0.4 is 15.4 Å². The fraction of sp³-hybridized carbons (Fsp3) is 0.296. The summed E-state index contributed by atoms with van der Waals surface area (Å²) in [5.41, 5.74) is 4.36. The minimum atomic E-state index is -0.492. The minimum Gasteiger partial charge on any atom is -0.497 e. The van der Waals surface area contributed by atoms with Gasteiger partial charge in [0.05, 0.1) is 17.3 Å². The molecule has 6 nitrogen and oxygen atoms in total. The summed E-state index contributed by atoms with van der Waals surface area (Å²) in [5.74, 6) is -0.0151. The molecular formula is C27H26BrN3O3S. The molecule has 8 heteroatoms. The van der Waals surface area contributed by atoms with Crippen molar-refractivity contribution in [3.8, 4) is 5.75 Å². The average molecular weight is 552 g/mol. The number of rotatable bonds is 4. The molecule has 0 fully saturated rings. The smallest absolute Gasteiger partial charge is 0.256 e. The van der Waals surface area contributed by atoms with Gasteiger partial charge in [0.2, 0.25) is 0 Å². The van der Waals surface area contributed by atoms with Gasteiger partial charge in [-0.05, 0) is 54.7 Å². The number of carbonyl (C=O) groups excluding carboxylic acids is 2. The van der Waals surface area contributed by atoms with Gasteiger partial charge in [-0.3, -0.25) is 14.9 Å². The molecule has 0 radical (unpaired) electrons. The van der Waals surface area contributed by atoms with Crippen molar-refractivity contribution in [2.45, 2.75) is 39.5 Å². The SMILES string of the molecule is COc1cccc([C@H]2C(C(=O)Nc3nc4ccc(Br)cc4s3)=C(C)NC3=C2C(=O)CC(C)(C)C3)c1. The van der Waals surface area contributed by atoms with Crippen LogP contribution in [0.1, 0.15) is 45.1 Å². The molecule has 0 bridgehead atoms. The zero-order valence-corrected chi connectivity index (χ0v) is 22.4. The number of thiazole rings is 1. The third kappa shape index (κ3) is 4.52. The molecule has 2 heterocycles. The molecule has 2 aromatic carbocycles. The lowest BCUT2D eigenvalue weighted by molar-refractivity contribution is -0.118. The largest absolute Gasteiger partial charge is 0.497 e. The van der Waals surface area contributed by atoms with Crippen LogP contribution in [0.2, 0.25) is 0 Å². The van der Waals surface area contributed by atoms with E-state index in [1.165, 1.54) is 11.3 Å². The van der Waals surface area contributed by atoms with E-state index < -0.39 is 5.92 Å². The zero-order valence-electron chi connectivity index (χ0n) is 20.0.